The predicted molar refractivity (Wildman–Crippen MR) is 124 cm³/mol. The Kier molecular flexibility index (Phi) is 7.32. The zero-order chi connectivity index (χ0) is 23.3. The number of sulfonamides is 1. The number of esters is 1. The Bertz CT molecular complexity index is 1240. The molecule has 32 heavy (non-hydrogen) atoms. The normalized spacial score (nSPS) is 11.0. The number of ketones is 1. The Morgan fingerprint density at radius 1 is 0.938 bits per heavy atom. The van der Waals surface area contributed by atoms with Crippen molar-refractivity contribution in [2.24, 2.45) is 0 Å². The van der Waals surface area contributed by atoms with Gasteiger partial charge < -0.3 is 9.47 Å². The lowest BCUT2D eigenvalue weighted by Crippen LogP contribution is -2.27. The van der Waals surface area contributed by atoms with Crippen LogP contribution in [0, 0.1) is 0 Å². The summed E-state index contributed by atoms with van der Waals surface area (Å²) < 4.78 is 38.1. The van der Waals surface area contributed by atoms with E-state index in [-0.39, 0.29) is 16.2 Å². The van der Waals surface area contributed by atoms with Crippen LogP contribution in [-0.4, -0.2) is 40.9 Å². The minimum atomic E-state index is -3.89. The number of methoxy groups -OCH3 is 1. The quantitative estimate of drug-likeness (QED) is 0.326. The molecule has 0 aliphatic rings. The molecule has 0 spiro atoms. The van der Waals surface area contributed by atoms with Gasteiger partial charge in [0, 0.05) is 17.1 Å². The van der Waals surface area contributed by atoms with Gasteiger partial charge in [-0.3, -0.25) is 9.10 Å². The van der Waals surface area contributed by atoms with Crippen molar-refractivity contribution in [3.8, 4) is 5.75 Å². The van der Waals surface area contributed by atoms with Crippen molar-refractivity contribution in [1.29, 1.82) is 0 Å². The van der Waals surface area contributed by atoms with Crippen molar-refractivity contribution in [2.45, 2.75) is 4.90 Å². The Labute approximate surface area is 194 Å². The molecule has 9 heteroatoms. The standard InChI is InChI=1S/C23H20BrNO6S/c1-25(20-8-3-4-9-22(20)30-2)32(28,29)19-12-10-16(11-13-19)23(27)31-15-21(26)17-6-5-7-18(24)14-17/h3-14H,15H2,1-2H3. The van der Waals surface area contributed by atoms with Gasteiger partial charge >= 0.3 is 5.97 Å². The zero-order valence-corrected chi connectivity index (χ0v) is 19.7. The number of benzene rings is 3. The number of carbonyl (C=O) groups is 2. The number of hydrogen-bond acceptors (Lipinski definition) is 6. The highest BCUT2D eigenvalue weighted by atomic mass is 79.9. The largest absolute Gasteiger partial charge is 0.495 e. The number of nitrogens with zero attached hydrogens (tertiary/aromatic N) is 1. The second kappa shape index (κ2) is 9.97. The molecule has 3 aromatic rings. The summed E-state index contributed by atoms with van der Waals surface area (Å²) in [5, 5.41) is 0. The highest BCUT2D eigenvalue weighted by Gasteiger charge is 2.24. The van der Waals surface area contributed by atoms with Gasteiger partial charge in [-0.2, -0.15) is 0 Å². The van der Waals surface area contributed by atoms with Crippen molar-refractivity contribution >= 4 is 43.4 Å². The molecular weight excluding hydrogens is 498 g/mol. The summed E-state index contributed by atoms with van der Waals surface area (Å²) in [5.74, 6) is -0.665. The molecule has 0 saturated carbocycles. The van der Waals surface area contributed by atoms with E-state index in [1.165, 1.54) is 38.4 Å². The highest BCUT2D eigenvalue weighted by Crippen LogP contribution is 2.30. The molecule has 166 valence electrons. The van der Waals surface area contributed by atoms with Crippen LogP contribution in [0.15, 0.2) is 82.2 Å². The lowest BCUT2D eigenvalue weighted by molar-refractivity contribution is 0.0474. The smallest absolute Gasteiger partial charge is 0.338 e. The van der Waals surface area contributed by atoms with Crippen molar-refractivity contribution in [3.05, 3.63) is 88.4 Å². The first kappa shape index (κ1) is 23.5. The van der Waals surface area contributed by atoms with Crippen LogP contribution in [0.5, 0.6) is 5.75 Å². The topological polar surface area (TPSA) is 90.0 Å². The molecule has 0 amide bonds. The van der Waals surface area contributed by atoms with Crippen molar-refractivity contribution in [2.75, 3.05) is 25.1 Å². The third-order valence-corrected chi connectivity index (χ3v) is 6.93. The number of ether oxygens (including phenoxy) is 2. The summed E-state index contributed by atoms with van der Waals surface area (Å²) >= 11 is 3.28. The summed E-state index contributed by atoms with van der Waals surface area (Å²) in [6.45, 7) is -0.425. The fourth-order valence-corrected chi connectivity index (χ4v) is 4.51. The lowest BCUT2D eigenvalue weighted by Gasteiger charge is -2.21. The van der Waals surface area contributed by atoms with Crippen LogP contribution < -0.4 is 9.04 Å². The Morgan fingerprint density at radius 3 is 2.28 bits per heavy atom. The minimum Gasteiger partial charge on any atom is -0.495 e. The summed E-state index contributed by atoms with van der Waals surface area (Å²) in [5.41, 5.74) is 0.920. The van der Waals surface area contributed by atoms with Gasteiger partial charge in [-0.25, -0.2) is 13.2 Å². The molecular formula is C23H20BrNO6S. The fourth-order valence-electron chi connectivity index (χ4n) is 2.90. The van der Waals surface area contributed by atoms with Gasteiger partial charge in [-0.15, -0.1) is 0 Å². The first-order valence-corrected chi connectivity index (χ1v) is 11.6. The molecule has 0 aliphatic carbocycles. The first-order chi connectivity index (χ1) is 15.2. The first-order valence-electron chi connectivity index (χ1n) is 9.42. The Balaban J connectivity index is 1.71. The highest BCUT2D eigenvalue weighted by molar-refractivity contribution is 9.10. The zero-order valence-electron chi connectivity index (χ0n) is 17.3. The third-order valence-electron chi connectivity index (χ3n) is 4.65. The van der Waals surface area contributed by atoms with Crippen LogP contribution in [0.1, 0.15) is 20.7 Å². The molecule has 0 bridgehead atoms. The molecule has 3 aromatic carbocycles. The predicted octanol–water partition coefficient (Wildman–Crippen LogP) is 4.32. The maximum atomic E-state index is 13.0. The van der Waals surface area contributed by atoms with Crippen LogP contribution in [0.4, 0.5) is 5.69 Å². The molecule has 0 radical (unpaired) electrons. The molecule has 0 heterocycles. The second-order valence-electron chi connectivity index (χ2n) is 6.68. The van der Waals surface area contributed by atoms with E-state index in [9.17, 15) is 18.0 Å². The van der Waals surface area contributed by atoms with Gasteiger partial charge in [-0.05, 0) is 48.5 Å². The number of carbonyl (C=O) groups excluding carboxylic acids is 2. The van der Waals surface area contributed by atoms with Crippen molar-refractivity contribution in [3.63, 3.8) is 0 Å². The van der Waals surface area contributed by atoms with Crippen LogP contribution >= 0.6 is 15.9 Å². The maximum absolute atomic E-state index is 13.0. The third kappa shape index (κ3) is 5.17. The lowest BCUT2D eigenvalue weighted by atomic mass is 10.1. The number of halogens is 1. The fraction of sp³-hybridized carbons (Fsp3) is 0.130. The summed E-state index contributed by atoms with van der Waals surface area (Å²) in [7, 11) is -1.01. The van der Waals surface area contributed by atoms with E-state index in [2.05, 4.69) is 15.9 Å². The number of rotatable bonds is 8. The minimum absolute atomic E-state index is 0.00679. The molecule has 7 nitrogen and oxygen atoms in total. The summed E-state index contributed by atoms with van der Waals surface area (Å²) in [4.78, 5) is 24.5. The van der Waals surface area contributed by atoms with E-state index in [4.69, 9.17) is 9.47 Å². The van der Waals surface area contributed by atoms with Gasteiger partial charge in [0.15, 0.2) is 12.4 Å². The number of para-hydroxylation sites is 2. The Morgan fingerprint density at radius 2 is 1.62 bits per heavy atom. The van der Waals surface area contributed by atoms with Gasteiger partial charge in [0.1, 0.15) is 5.75 Å². The molecule has 3 rings (SSSR count). The van der Waals surface area contributed by atoms with Crippen molar-refractivity contribution < 1.29 is 27.5 Å². The average molecular weight is 518 g/mol. The molecule has 0 N–H and O–H groups in total. The van der Waals surface area contributed by atoms with E-state index in [0.717, 1.165) is 8.78 Å². The van der Waals surface area contributed by atoms with E-state index < -0.39 is 22.6 Å². The van der Waals surface area contributed by atoms with Crippen LogP contribution in [0.2, 0.25) is 0 Å². The molecule has 0 fully saturated rings. The second-order valence-corrected chi connectivity index (χ2v) is 9.56. The molecule has 0 atom stereocenters. The van der Waals surface area contributed by atoms with Crippen LogP contribution in [0.3, 0.4) is 0 Å². The van der Waals surface area contributed by atoms with E-state index in [1.807, 2.05) is 0 Å². The van der Waals surface area contributed by atoms with Gasteiger partial charge in [0.2, 0.25) is 0 Å². The van der Waals surface area contributed by atoms with E-state index >= 15 is 0 Å². The van der Waals surface area contributed by atoms with Crippen molar-refractivity contribution in [1.82, 2.24) is 0 Å². The number of Topliss-reactive ketones (excluding diaryl/α,β-unsaturated/α-hetero) is 1. The number of hydrogen-bond donors (Lipinski definition) is 0. The van der Waals surface area contributed by atoms with E-state index in [0.29, 0.717) is 17.0 Å². The molecule has 0 aromatic heterocycles. The Hall–Kier alpha value is -3.17. The van der Waals surface area contributed by atoms with Gasteiger partial charge in [0.05, 0.1) is 23.3 Å². The SMILES string of the molecule is COc1ccccc1N(C)S(=O)(=O)c1ccc(C(=O)OCC(=O)c2cccc(Br)c2)cc1. The monoisotopic (exact) mass is 517 g/mol. The molecule has 0 unspecified atom stereocenters. The summed E-state index contributed by atoms with van der Waals surface area (Å²) in [6, 6.07) is 18.8. The van der Waals surface area contributed by atoms with Gasteiger partial charge in [-0.1, -0.05) is 40.2 Å². The van der Waals surface area contributed by atoms with Gasteiger partial charge in [0.25, 0.3) is 10.0 Å². The summed E-state index contributed by atoms with van der Waals surface area (Å²) in [6.07, 6.45) is 0. The molecule has 0 aliphatic heterocycles. The maximum Gasteiger partial charge on any atom is 0.338 e. The average Bonchev–Trinajstić information content (AvgIpc) is 2.81. The van der Waals surface area contributed by atoms with E-state index in [1.54, 1.807) is 48.5 Å². The van der Waals surface area contributed by atoms with Crippen LogP contribution in [0.25, 0.3) is 0 Å². The number of anilines is 1. The van der Waals surface area contributed by atoms with Crippen LogP contribution in [-0.2, 0) is 14.8 Å². The molecule has 0 saturated heterocycles.